The van der Waals surface area contributed by atoms with Crippen molar-refractivity contribution >= 4 is 0 Å². The molecule has 2 nitrogen and oxygen atoms in total. The predicted octanol–water partition coefficient (Wildman–Crippen LogP) is 2.00. The van der Waals surface area contributed by atoms with Crippen LogP contribution in [0.2, 0.25) is 0 Å². The third-order valence-electron chi connectivity index (χ3n) is 2.29. The first-order valence-electron chi connectivity index (χ1n) is 5.31. The minimum absolute atomic E-state index is 0.234. The summed E-state index contributed by atoms with van der Waals surface area (Å²) in [6.45, 7) is 3.22. The van der Waals surface area contributed by atoms with Gasteiger partial charge in [-0.25, -0.2) is 8.78 Å². The number of likely N-dealkylation sites (N-methyl/N-ethyl adjacent to an activating group) is 1. The maximum Gasteiger partial charge on any atom is 0.127 e. The average Bonchev–Trinajstić information content (AvgIpc) is 2.18. The Morgan fingerprint density at radius 1 is 1.31 bits per heavy atom. The van der Waals surface area contributed by atoms with Gasteiger partial charge < -0.3 is 10.2 Å². The van der Waals surface area contributed by atoms with E-state index >= 15 is 0 Å². The lowest BCUT2D eigenvalue weighted by molar-refractivity contribution is 0.348. The third-order valence-corrected chi connectivity index (χ3v) is 2.29. The zero-order chi connectivity index (χ0) is 12.1. The first-order valence-corrected chi connectivity index (χ1v) is 5.31. The van der Waals surface area contributed by atoms with E-state index < -0.39 is 5.82 Å². The molecule has 1 rings (SSSR count). The van der Waals surface area contributed by atoms with E-state index in [2.05, 4.69) is 5.32 Å². The van der Waals surface area contributed by atoms with Gasteiger partial charge in [0, 0.05) is 24.7 Å². The lowest BCUT2D eigenvalue weighted by Crippen LogP contribution is -2.35. The van der Waals surface area contributed by atoms with Gasteiger partial charge in [-0.05, 0) is 39.2 Å². The highest BCUT2D eigenvalue weighted by atomic mass is 19.1. The molecule has 1 aromatic rings. The second-order valence-corrected chi connectivity index (χ2v) is 4.28. The molecule has 1 atom stereocenters. The van der Waals surface area contributed by atoms with Crippen LogP contribution in [0.15, 0.2) is 18.2 Å². The molecule has 90 valence electrons. The Balaban J connectivity index is 2.51. The second-order valence-electron chi connectivity index (χ2n) is 4.28. The monoisotopic (exact) mass is 228 g/mol. The van der Waals surface area contributed by atoms with Crippen LogP contribution in [0.1, 0.15) is 12.5 Å². The van der Waals surface area contributed by atoms with E-state index in [1.807, 2.05) is 25.9 Å². The van der Waals surface area contributed by atoms with Crippen molar-refractivity contribution in [3.05, 3.63) is 35.4 Å². The van der Waals surface area contributed by atoms with Crippen LogP contribution in [0.5, 0.6) is 0 Å². The number of hydrogen-bond acceptors (Lipinski definition) is 2. The molecule has 0 saturated heterocycles. The summed E-state index contributed by atoms with van der Waals surface area (Å²) >= 11 is 0. The average molecular weight is 228 g/mol. The number of hydrogen-bond donors (Lipinski definition) is 1. The number of benzene rings is 1. The van der Waals surface area contributed by atoms with Crippen LogP contribution in [0, 0.1) is 11.6 Å². The van der Waals surface area contributed by atoms with E-state index in [-0.39, 0.29) is 11.9 Å². The fourth-order valence-electron chi connectivity index (χ4n) is 1.58. The Morgan fingerprint density at radius 3 is 2.62 bits per heavy atom. The number of nitrogens with zero attached hydrogens (tertiary/aromatic N) is 1. The predicted molar refractivity (Wildman–Crippen MR) is 61.2 cm³/mol. The number of halogens is 2. The van der Waals surface area contributed by atoms with E-state index in [0.717, 1.165) is 18.7 Å². The number of nitrogens with one attached hydrogen (secondary N) is 1. The molecule has 0 aromatic heterocycles. The molecule has 0 amide bonds. The summed E-state index contributed by atoms with van der Waals surface area (Å²) in [5, 5.41) is 3.15. The smallest absolute Gasteiger partial charge is 0.127 e. The summed E-state index contributed by atoms with van der Waals surface area (Å²) in [6, 6.07) is 3.74. The molecular formula is C12H18F2N2. The van der Waals surface area contributed by atoms with Gasteiger partial charge in [0.25, 0.3) is 0 Å². The van der Waals surface area contributed by atoms with Crippen LogP contribution in [0.4, 0.5) is 8.78 Å². The molecule has 0 aliphatic carbocycles. The Kier molecular flexibility index (Phi) is 4.83. The van der Waals surface area contributed by atoms with Crippen molar-refractivity contribution in [3.63, 3.8) is 0 Å². The van der Waals surface area contributed by atoms with Crippen molar-refractivity contribution in [1.29, 1.82) is 0 Å². The molecule has 0 saturated carbocycles. The Morgan fingerprint density at radius 2 is 2.00 bits per heavy atom. The molecule has 0 aliphatic rings. The Hall–Kier alpha value is -1.00. The van der Waals surface area contributed by atoms with E-state index in [1.165, 1.54) is 6.07 Å². The van der Waals surface area contributed by atoms with Crippen molar-refractivity contribution in [3.8, 4) is 0 Å². The van der Waals surface area contributed by atoms with Crippen molar-refractivity contribution < 1.29 is 8.78 Å². The van der Waals surface area contributed by atoms with Gasteiger partial charge in [0.15, 0.2) is 0 Å². The molecule has 1 N–H and O–H groups in total. The fourth-order valence-corrected chi connectivity index (χ4v) is 1.58. The minimum atomic E-state index is -0.404. The molecule has 0 fully saturated rings. The summed E-state index contributed by atoms with van der Waals surface area (Å²) in [4.78, 5) is 2.04. The van der Waals surface area contributed by atoms with Crippen LogP contribution in [0.25, 0.3) is 0 Å². The largest absolute Gasteiger partial charge is 0.309 e. The maximum absolute atomic E-state index is 13.3. The summed E-state index contributed by atoms with van der Waals surface area (Å²) in [5.74, 6) is -0.774. The molecule has 0 bridgehead atoms. The SMILES string of the molecule is CC(CN(C)C)NCc1cc(F)ccc1F. The van der Waals surface area contributed by atoms with Crippen LogP contribution in [0.3, 0.4) is 0 Å². The minimum Gasteiger partial charge on any atom is -0.309 e. The fraction of sp³-hybridized carbons (Fsp3) is 0.500. The molecule has 0 spiro atoms. The quantitative estimate of drug-likeness (QED) is 0.829. The lowest BCUT2D eigenvalue weighted by atomic mass is 10.2. The van der Waals surface area contributed by atoms with E-state index in [1.54, 1.807) is 0 Å². The third kappa shape index (κ3) is 4.24. The maximum atomic E-state index is 13.3. The Bertz CT molecular complexity index is 340. The first kappa shape index (κ1) is 13.1. The molecule has 4 heteroatoms. The summed E-state index contributed by atoms with van der Waals surface area (Å²) < 4.78 is 26.1. The summed E-state index contributed by atoms with van der Waals surface area (Å²) in [5.41, 5.74) is 0.366. The molecule has 0 radical (unpaired) electrons. The zero-order valence-corrected chi connectivity index (χ0v) is 9.93. The van der Waals surface area contributed by atoms with E-state index in [9.17, 15) is 8.78 Å². The van der Waals surface area contributed by atoms with Gasteiger partial charge in [-0.3, -0.25) is 0 Å². The standard InChI is InChI=1S/C12H18F2N2/c1-9(8-16(2)3)15-7-10-6-11(13)4-5-12(10)14/h4-6,9,15H,7-8H2,1-3H3. The topological polar surface area (TPSA) is 15.3 Å². The normalized spacial score (nSPS) is 13.1. The lowest BCUT2D eigenvalue weighted by Gasteiger charge is -2.18. The van der Waals surface area contributed by atoms with Crippen molar-refractivity contribution in [2.75, 3.05) is 20.6 Å². The van der Waals surface area contributed by atoms with Crippen LogP contribution < -0.4 is 5.32 Å². The Labute approximate surface area is 95.3 Å². The first-order chi connectivity index (χ1) is 7.49. The highest BCUT2D eigenvalue weighted by Crippen LogP contribution is 2.09. The molecule has 1 aromatic carbocycles. The van der Waals surface area contributed by atoms with Gasteiger partial charge in [0.2, 0.25) is 0 Å². The highest BCUT2D eigenvalue weighted by molar-refractivity contribution is 5.18. The van der Waals surface area contributed by atoms with Gasteiger partial charge in [0.1, 0.15) is 11.6 Å². The van der Waals surface area contributed by atoms with E-state index in [0.29, 0.717) is 12.1 Å². The van der Waals surface area contributed by atoms with Crippen molar-refractivity contribution in [2.45, 2.75) is 19.5 Å². The van der Waals surface area contributed by atoms with Gasteiger partial charge in [0.05, 0.1) is 0 Å². The van der Waals surface area contributed by atoms with Crippen molar-refractivity contribution in [1.82, 2.24) is 10.2 Å². The van der Waals surface area contributed by atoms with E-state index in [4.69, 9.17) is 0 Å². The summed E-state index contributed by atoms with van der Waals surface area (Å²) in [6.07, 6.45) is 0. The second kappa shape index (κ2) is 5.92. The van der Waals surface area contributed by atoms with Gasteiger partial charge >= 0.3 is 0 Å². The van der Waals surface area contributed by atoms with Gasteiger partial charge in [-0.15, -0.1) is 0 Å². The van der Waals surface area contributed by atoms with Crippen LogP contribution in [-0.4, -0.2) is 31.6 Å². The number of rotatable bonds is 5. The van der Waals surface area contributed by atoms with Gasteiger partial charge in [-0.1, -0.05) is 0 Å². The highest BCUT2D eigenvalue weighted by Gasteiger charge is 2.06. The molecule has 0 aliphatic heterocycles. The van der Waals surface area contributed by atoms with Gasteiger partial charge in [-0.2, -0.15) is 0 Å². The van der Waals surface area contributed by atoms with Crippen LogP contribution in [-0.2, 0) is 6.54 Å². The molecule has 0 heterocycles. The molecule has 16 heavy (non-hydrogen) atoms. The zero-order valence-electron chi connectivity index (χ0n) is 9.93. The molecule has 1 unspecified atom stereocenters. The van der Waals surface area contributed by atoms with Crippen LogP contribution >= 0.6 is 0 Å². The molecular weight excluding hydrogens is 210 g/mol. The summed E-state index contributed by atoms with van der Waals surface area (Å²) in [7, 11) is 3.95. The van der Waals surface area contributed by atoms with Crippen molar-refractivity contribution in [2.24, 2.45) is 0 Å².